The average Bonchev–Trinajstić information content (AvgIpc) is 2.32. The number of benzene rings is 1. The number of hydrogen-bond donors (Lipinski definition) is 2. The van der Waals surface area contributed by atoms with Crippen molar-refractivity contribution < 1.29 is 4.79 Å². The van der Waals surface area contributed by atoms with Crippen molar-refractivity contribution in [3.63, 3.8) is 0 Å². The zero-order chi connectivity index (χ0) is 14.4. The number of halogens is 1. The highest BCUT2D eigenvalue weighted by atomic mass is 35.5. The third-order valence-electron chi connectivity index (χ3n) is 2.67. The van der Waals surface area contributed by atoms with Gasteiger partial charge in [0, 0.05) is 22.2 Å². The molecule has 0 heterocycles. The van der Waals surface area contributed by atoms with Gasteiger partial charge >= 0.3 is 0 Å². The molecule has 0 spiro atoms. The minimum Gasteiger partial charge on any atom is -0.398 e. The van der Waals surface area contributed by atoms with Gasteiger partial charge in [-0.15, -0.1) is 11.8 Å². The first-order valence-electron chi connectivity index (χ1n) is 6.39. The fourth-order valence-electron chi connectivity index (χ4n) is 1.50. The predicted molar refractivity (Wildman–Crippen MR) is 83.6 cm³/mol. The van der Waals surface area contributed by atoms with Crippen LogP contribution in [-0.4, -0.2) is 17.7 Å². The summed E-state index contributed by atoms with van der Waals surface area (Å²) in [5.74, 6) is 0.634. The maximum absolute atomic E-state index is 11.9. The topological polar surface area (TPSA) is 55.1 Å². The Morgan fingerprint density at radius 2 is 2.11 bits per heavy atom. The summed E-state index contributed by atoms with van der Waals surface area (Å²) in [4.78, 5) is 12.8. The van der Waals surface area contributed by atoms with Crippen LogP contribution in [0.5, 0.6) is 0 Å². The van der Waals surface area contributed by atoms with Crippen LogP contribution in [0.15, 0.2) is 23.1 Å². The standard InChI is InChI=1S/C14H21ClN2OS/c1-9(2)6-7-17-14(18)10(3)19-13-5-4-11(15)8-12(13)16/h4-5,8-10H,6-7,16H2,1-3H3,(H,17,18). The number of rotatable bonds is 6. The Kier molecular flexibility index (Phi) is 6.52. The monoisotopic (exact) mass is 300 g/mol. The van der Waals surface area contributed by atoms with Gasteiger partial charge < -0.3 is 11.1 Å². The van der Waals surface area contributed by atoms with Gasteiger partial charge in [0.05, 0.1) is 5.25 Å². The van der Waals surface area contributed by atoms with E-state index in [9.17, 15) is 4.79 Å². The molecule has 0 aliphatic heterocycles. The van der Waals surface area contributed by atoms with Crippen LogP contribution in [0.1, 0.15) is 27.2 Å². The zero-order valence-electron chi connectivity index (χ0n) is 11.6. The van der Waals surface area contributed by atoms with E-state index in [-0.39, 0.29) is 11.2 Å². The Balaban J connectivity index is 2.49. The largest absolute Gasteiger partial charge is 0.398 e. The molecule has 0 saturated heterocycles. The van der Waals surface area contributed by atoms with Gasteiger partial charge in [0.1, 0.15) is 0 Å². The maximum atomic E-state index is 11.9. The van der Waals surface area contributed by atoms with Crippen molar-refractivity contribution in [3.8, 4) is 0 Å². The summed E-state index contributed by atoms with van der Waals surface area (Å²) in [6.45, 7) is 6.87. The van der Waals surface area contributed by atoms with E-state index in [0.29, 0.717) is 16.6 Å². The Labute approximate surface area is 124 Å². The Hall–Kier alpha value is -0.870. The number of anilines is 1. The van der Waals surface area contributed by atoms with E-state index in [0.717, 1.165) is 17.9 Å². The minimum absolute atomic E-state index is 0.0417. The predicted octanol–water partition coefficient (Wildman–Crippen LogP) is 3.57. The van der Waals surface area contributed by atoms with E-state index >= 15 is 0 Å². The number of thioether (sulfide) groups is 1. The fourth-order valence-corrected chi connectivity index (χ4v) is 2.59. The summed E-state index contributed by atoms with van der Waals surface area (Å²) < 4.78 is 0. The van der Waals surface area contributed by atoms with Crippen LogP contribution >= 0.6 is 23.4 Å². The van der Waals surface area contributed by atoms with Crippen molar-refractivity contribution >= 4 is 35.0 Å². The summed E-state index contributed by atoms with van der Waals surface area (Å²) in [6.07, 6.45) is 0.992. The molecule has 0 bridgehead atoms. The van der Waals surface area contributed by atoms with Crippen LogP contribution in [0.2, 0.25) is 5.02 Å². The average molecular weight is 301 g/mol. The van der Waals surface area contributed by atoms with E-state index in [1.54, 1.807) is 12.1 Å². The first-order chi connectivity index (χ1) is 8.90. The molecule has 0 aromatic heterocycles. The molecule has 0 aliphatic rings. The van der Waals surface area contributed by atoms with Crippen molar-refractivity contribution in [1.29, 1.82) is 0 Å². The summed E-state index contributed by atoms with van der Waals surface area (Å²) in [6, 6.07) is 5.33. The molecule has 1 aromatic carbocycles. The van der Waals surface area contributed by atoms with Gasteiger partial charge in [-0.25, -0.2) is 0 Å². The Bertz CT molecular complexity index is 437. The van der Waals surface area contributed by atoms with Gasteiger partial charge in [0.2, 0.25) is 5.91 Å². The van der Waals surface area contributed by atoms with E-state index < -0.39 is 0 Å². The number of amides is 1. The van der Waals surface area contributed by atoms with Crippen molar-refractivity contribution in [1.82, 2.24) is 5.32 Å². The molecule has 0 radical (unpaired) electrons. The SMILES string of the molecule is CC(C)CCNC(=O)C(C)Sc1ccc(Cl)cc1N. The molecule has 0 fully saturated rings. The Morgan fingerprint density at radius 1 is 1.42 bits per heavy atom. The third-order valence-corrected chi connectivity index (χ3v) is 4.09. The van der Waals surface area contributed by atoms with E-state index in [1.807, 2.05) is 13.0 Å². The third kappa shape index (κ3) is 5.74. The van der Waals surface area contributed by atoms with Crippen LogP contribution < -0.4 is 11.1 Å². The highest BCUT2D eigenvalue weighted by Crippen LogP contribution is 2.30. The van der Waals surface area contributed by atoms with Crippen LogP contribution in [0.3, 0.4) is 0 Å². The molecular formula is C14H21ClN2OS. The lowest BCUT2D eigenvalue weighted by Crippen LogP contribution is -2.32. The highest BCUT2D eigenvalue weighted by molar-refractivity contribution is 8.00. The molecule has 1 aromatic rings. The molecule has 3 nitrogen and oxygen atoms in total. The van der Waals surface area contributed by atoms with Crippen LogP contribution in [-0.2, 0) is 4.79 Å². The van der Waals surface area contributed by atoms with E-state index in [1.165, 1.54) is 11.8 Å². The normalized spacial score (nSPS) is 12.5. The molecule has 1 rings (SSSR count). The van der Waals surface area contributed by atoms with Gasteiger partial charge in [-0.1, -0.05) is 25.4 Å². The van der Waals surface area contributed by atoms with Crippen molar-refractivity contribution in [2.24, 2.45) is 5.92 Å². The van der Waals surface area contributed by atoms with Gasteiger partial charge in [0.15, 0.2) is 0 Å². The molecule has 0 saturated carbocycles. The minimum atomic E-state index is -0.171. The van der Waals surface area contributed by atoms with Crippen LogP contribution in [0.25, 0.3) is 0 Å². The van der Waals surface area contributed by atoms with E-state index in [4.69, 9.17) is 17.3 Å². The van der Waals surface area contributed by atoms with Gasteiger partial charge in [-0.05, 0) is 37.5 Å². The van der Waals surface area contributed by atoms with Crippen LogP contribution in [0.4, 0.5) is 5.69 Å². The first kappa shape index (κ1) is 16.2. The number of carbonyl (C=O) groups excluding carboxylic acids is 1. The second-order valence-electron chi connectivity index (χ2n) is 4.92. The molecule has 1 unspecified atom stereocenters. The summed E-state index contributed by atoms with van der Waals surface area (Å²) >= 11 is 7.30. The zero-order valence-corrected chi connectivity index (χ0v) is 13.1. The number of nitrogens with two attached hydrogens (primary N) is 1. The summed E-state index contributed by atoms with van der Waals surface area (Å²) in [7, 11) is 0. The molecule has 0 aliphatic carbocycles. The quantitative estimate of drug-likeness (QED) is 0.624. The lowest BCUT2D eigenvalue weighted by molar-refractivity contribution is -0.120. The van der Waals surface area contributed by atoms with Crippen molar-refractivity contribution in [2.45, 2.75) is 37.3 Å². The molecular weight excluding hydrogens is 280 g/mol. The number of carbonyl (C=O) groups is 1. The molecule has 19 heavy (non-hydrogen) atoms. The lowest BCUT2D eigenvalue weighted by Gasteiger charge is -2.14. The molecule has 5 heteroatoms. The summed E-state index contributed by atoms with van der Waals surface area (Å²) in [5.41, 5.74) is 6.48. The smallest absolute Gasteiger partial charge is 0.233 e. The van der Waals surface area contributed by atoms with Gasteiger partial charge in [-0.3, -0.25) is 4.79 Å². The van der Waals surface area contributed by atoms with Gasteiger partial charge in [0.25, 0.3) is 0 Å². The van der Waals surface area contributed by atoms with Gasteiger partial charge in [-0.2, -0.15) is 0 Å². The molecule has 106 valence electrons. The number of nitrogens with one attached hydrogen (secondary N) is 1. The molecule has 3 N–H and O–H groups in total. The van der Waals surface area contributed by atoms with Crippen molar-refractivity contribution in [2.75, 3.05) is 12.3 Å². The fraction of sp³-hybridized carbons (Fsp3) is 0.500. The molecule has 1 amide bonds. The second-order valence-corrected chi connectivity index (χ2v) is 6.73. The summed E-state index contributed by atoms with van der Waals surface area (Å²) in [5, 5.41) is 3.37. The molecule has 1 atom stereocenters. The second kappa shape index (κ2) is 7.65. The van der Waals surface area contributed by atoms with E-state index in [2.05, 4.69) is 19.2 Å². The highest BCUT2D eigenvalue weighted by Gasteiger charge is 2.15. The number of hydrogen-bond acceptors (Lipinski definition) is 3. The lowest BCUT2D eigenvalue weighted by atomic mass is 10.1. The Morgan fingerprint density at radius 3 is 2.68 bits per heavy atom. The maximum Gasteiger partial charge on any atom is 0.233 e. The number of nitrogen functional groups attached to an aromatic ring is 1. The van der Waals surface area contributed by atoms with Crippen LogP contribution in [0, 0.1) is 5.92 Å². The first-order valence-corrected chi connectivity index (χ1v) is 7.65. The van der Waals surface area contributed by atoms with Crippen molar-refractivity contribution in [3.05, 3.63) is 23.2 Å².